The van der Waals surface area contributed by atoms with E-state index < -0.39 is 0 Å². The van der Waals surface area contributed by atoms with Crippen molar-refractivity contribution in [3.63, 3.8) is 0 Å². The zero-order valence-electron chi connectivity index (χ0n) is 10.7. The van der Waals surface area contributed by atoms with Gasteiger partial charge in [-0.25, -0.2) is 4.39 Å². The van der Waals surface area contributed by atoms with Crippen molar-refractivity contribution in [2.45, 2.75) is 31.8 Å². The Bertz CT molecular complexity index is 422. The molecule has 1 aliphatic heterocycles. The number of rotatable bonds is 3. The number of nitrogens with zero attached hydrogens (tertiary/aromatic N) is 1. The van der Waals surface area contributed by atoms with Crippen LogP contribution in [0.1, 0.15) is 24.8 Å². The highest BCUT2D eigenvalue weighted by molar-refractivity contribution is 5.81. The van der Waals surface area contributed by atoms with Crippen molar-refractivity contribution in [2.24, 2.45) is 0 Å². The Morgan fingerprint density at radius 2 is 2.22 bits per heavy atom. The van der Waals surface area contributed by atoms with E-state index in [4.69, 9.17) is 0 Å². The van der Waals surface area contributed by atoms with Gasteiger partial charge in [-0.2, -0.15) is 0 Å². The number of carbonyl (C=O) groups excluding carboxylic acids is 1. The Morgan fingerprint density at radius 1 is 1.44 bits per heavy atom. The van der Waals surface area contributed by atoms with E-state index in [1.807, 2.05) is 7.05 Å². The van der Waals surface area contributed by atoms with Gasteiger partial charge in [0.15, 0.2) is 0 Å². The molecule has 1 aromatic rings. The number of carbonyl (C=O) groups is 1. The Morgan fingerprint density at radius 3 is 2.94 bits per heavy atom. The molecule has 1 unspecified atom stereocenters. The molecule has 2 rings (SSSR count). The fraction of sp³-hybridized carbons (Fsp3) is 0.500. The average Bonchev–Trinajstić information content (AvgIpc) is 2.38. The van der Waals surface area contributed by atoms with E-state index in [0.717, 1.165) is 25.8 Å². The molecule has 1 aromatic carbocycles. The summed E-state index contributed by atoms with van der Waals surface area (Å²) < 4.78 is 13.4. The van der Waals surface area contributed by atoms with Gasteiger partial charge in [-0.3, -0.25) is 9.69 Å². The maximum Gasteiger partial charge on any atom is 0.237 e. The second-order valence-electron chi connectivity index (χ2n) is 4.80. The van der Waals surface area contributed by atoms with E-state index in [2.05, 4.69) is 10.2 Å². The predicted octanol–water partition coefficient (Wildman–Crippen LogP) is 1.93. The number of hydrogen-bond donors (Lipinski definition) is 1. The van der Waals surface area contributed by atoms with Gasteiger partial charge in [0, 0.05) is 12.1 Å². The number of hydrogen-bond acceptors (Lipinski definition) is 2. The Labute approximate surface area is 107 Å². The van der Waals surface area contributed by atoms with E-state index >= 15 is 0 Å². The van der Waals surface area contributed by atoms with Gasteiger partial charge in [0.25, 0.3) is 0 Å². The van der Waals surface area contributed by atoms with Crippen LogP contribution in [0.25, 0.3) is 0 Å². The van der Waals surface area contributed by atoms with Crippen LogP contribution in [0.15, 0.2) is 24.3 Å². The minimum absolute atomic E-state index is 0.000420. The van der Waals surface area contributed by atoms with Crippen molar-refractivity contribution < 1.29 is 9.18 Å². The lowest BCUT2D eigenvalue weighted by molar-refractivity contribution is -0.127. The second kappa shape index (κ2) is 5.96. The highest BCUT2D eigenvalue weighted by Gasteiger charge is 2.25. The first-order chi connectivity index (χ1) is 8.68. The van der Waals surface area contributed by atoms with Gasteiger partial charge in [-0.1, -0.05) is 24.6 Å². The summed E-state index contributed by atoms with van der Waals surface area (Å²) in [5.74, 6) is -0.268. The van der Waals surface area contributed by atoms with Crippen molar-refractivity contribution >= 4 is 5.91 Å². The van der Waals surface area contributed by atoms with Crippen LogP contribution in [-0.4, -0.2) is 30.4 Å². The van der Waals surface area contributed by atoms with Crippen LogP contribution in [0.2, 0.25) is 0 Å². The van der Waals surface area contributed by atoms with Crippen LogP contribution in [0.3, 0.4) is 0 Å². The highest BCUT2D eigenvalue weighted by atomic mass is 19.1. The largest absolute Gasteiger partial charge is 0.351 e. The van der Waals surface area contributed by atoms with Crippen LogP contribution in [0, 0.1) is 5.82 Å². The maximum absolute atomic E-state index is 13.4. The summed E-state index contributed by atoms with van der Waals surface area (Å²) in [6.45, 7) is 1.22. The molecule has 1 fully saturated rings. The molecule has 1 atom stereocenters. The molecule has 0 aromatic heterocycles. The Kier molecular flexibility index (Phi) is 4.31. The third kappa shape index (κ3) is 3.07. The molecule has 0 spiro atoms. The summed E-state index contributed by atoms with van der Waals surface area (Å²) in [6, 6.07) is 6.46. The van der Waals surface area contributed by atoms with E-state index in [1.165, 1.54) is 6.07 Å². The van der Waals surface area contributed by atoms with E-state index in [0.29, 0.717) is 5.56 Å². The normalized spacial score (nSPS) is 20.7. The lowest BCUT2D eigenvalue weighted by Crippen LogP contribution is -2.47. The van der Waals surface area contributed by atoms with Gasteiger partial charge in [-0.15, -0.1) is 0 Å². The highest BCUT2D eigenvalue weighted by Crippen LogP contribution is 2.15. The SMILES string of the molecule is CN1CCCCC1C(=O)NCc1ccccc1F. The van der Waals surface area contributed by atoms with Crippen molar-refractivity contribution in [1.82, 2.24) is 10.2 Å². The fourth-order valence-corrected chi connectivity index (χ4v) is 2.35. The first-order valence-electron chi connectivity index (χ1n) is 6.40. The molecule has 18 heavy (non-hydrogen) atoms. The van der Waals surface area contributed by atoms with E-state index in [1.54, 1.807) is 18.2 Å². The van der Waals surface area contributed by atoms with Crippen molar-refractivity contribution in [3.05, 3.63) is 35.6 Å². The number of amides is 1. The van der Waals surface area contributed by atoms with Crippen LogP contribution in [0.4, 0.5) is 4.39 Å². The molecule has 1 saturated heterocycles. The topological polar surface area (TPSA) is 32.3 Å². The van der Waals surface area contributed by atoms with Gasteiger partial charge in [0.1, 0.15) is 5.82 Å². The summed E-state index contributed by atoms with van der Waals surface area (Å²) in [6.07, 6.45) is 3.12. The van der Waals surface area contributed by atoms with Crippen LogP contribution >= 0.6 is 0 Å². The smallest absolute Gasteiger partial charge is 0.237 e. The number of piperidine rings is 1. The number of benzene rings is 1. The van der Waals surface area contributed by atoms with Gasteiger partial charge < -0.3 is 5.32 Å². The number of likely N-dealkylation sites (tertiary alicyclic amines) is 1. The lowest BCUT2D eigenvalue weighted by Gasteiger charge is -2.31. The molecule has 1 N–H and O–H groups in total. The molecule has 4 heteroatoms. The zero-order valence-corrected chi connectivity index (χ0v) is 10.7. The molecular formula is C14H19FN2O. The number of likely N-dealkylation sites (N-methyl/N-ethyl adjacent to an activating group) is 1. The van der Waals surface area contributed by atoms with Crippen molar-refractivity contribution in [1.29, 1.82) is 0 Å². The molecular weight excluding hydrogens is 231 g/mol. The first kappa shape index (κ1) is 13.0. The quantitative estimate of drug-likeness (QED) is 0.889. The van der Waals surface area contributed by atoms with Gasteiger partial charge in [0.05, 0.1) is 6.04 Å². The molecule has 0 saturated carbocycles. The second-order valence-corrected chi connectivity index (χ2v) is 4.80. The lowest BCUT2D eigenvalue weighted by atomic mass is 10.0. The zero-order chi connectivity index (χ0) is 13.0. The summed E-state index contributed by atoms with van der Waals surface area (Å²) in [5, 5.41) is 2.82. The third-order valence-electron chi connectivity index (χ3n) is 3.48. The van der Waals surface area contributed by atoms with Crippen LogP contribution in [-0.2, 0) is 11.3 Å². The molecule has 1 aliphatic rings. The van der Waals surface area contributed by atoms with Crippen molar-refractivity contribution in [2.75, 3.05) is 13.6 Å². The molecule has 1 heterocycles. The molecule has 1 amide bonds. The Balaban J connectivity index is 1.90. The summed E-state index contributed by atoms with van der Waals surface area (Å²) >= 11 is 0. The van der Waals surface area contributed by atoms with Crippen molar-refractivity contribution in [3.8, 4) is 0 Å². The molecule has 3 nitrogen and oxygen atoms in total. The predicted molar refractivity (Wildman–Crippen MR) is 68.5 cm³/mol. The molecule has 98 valence electrons. The minimum Gasteiger partial charge on any atom is -0.351 e. The number of halogens is 1. The summed E-state index contributed by atoms with van der Waals surface area (Å²) in [7, 11) is 1.96. The Hall–Kier alpha value is -1.42. The minimum atomic E-state index is -0.269. The van der Waals surface area contributed by atoms with Gasteiger partial charge in [0.2, 0.25) is 5.91 Å². The maximum atomic E-state index is 13.4. The monoisotopic (exact) mass is 250 g/mol. The van der Waals surface area contributed by atoms with Gasteiger partial charge >= 0.3 is 0 Å². The average molecular weight is 250 g/mol. The van der Waals surface area contributed by atoms with E-state index in [-0.39, 0.29) is 24.3 Å². The third-order valence-corrected chi connectivity index (χ3v) is 3.48. The van der Waals surface area contributed by atoms with Crippen LogP contribution in [0.5, 0.6) is 0 Å². The summed E-state index contributed by atoms with van der Waals surface area (Å²) in [5.41, 5.74) is 0.532. The van der Waals surface area contributed by atoms with Gasteiger partial charge in [-0.05, 0) is 32.5 Å². The fourth-order valence-electron chi connectivity index (χ4n) is 2.35. The standard InChI is InChI=1S/C14H19FN2O/c1-17-9-5-4-8-13(17)14(18)16-10-11-6-2-3-7-12(11)15/h2-3,6-7,13H,4-5,8-10H2,1H3,(H,16,18). The van der Waals surface area contributed by atoms with E-state index in [9.17, 15) is 9.18 Å². The molecule has 0 aliphatic carbocycles. The van der Waals surface area contributed by atoms with Crippen LogP contribution < -0.4 is 5.32 Å². The molecule has 0 bridgehead atoms. The number of nitrogens with one attached hydrogen (secondary N) is 1. The summed E-state index contributed by atoms with van der Waals surface area (Å²) in [4.78, 5) is 14.1. The first-order valence-corrected chi connectivity index (χ1v) is 6.40. The molecule has 0 radical (unpaired) electrons.